The van der Waals surface area contributed by atoms with E-state index in [0.29, 0.717) is 0 Å². The Kier molecular flexibility index (Phi) is 10.6. The van der Waals surface area contributed by atoms with Gasteiger partial charge in [-0.25, -0.2) is 0 Å². The van der Waals surface area contributed by atoms with Gasteiger partial charge in [0.05, 0.1) is 11.0 Å². The van der Waals surface area contributed by atoms with Gasteiger partial charge in [0.1, 0.15) is 0 Å². The maximum atomic E-state index is 2.46. The molecule has 13 rings (SSSR count). The Bertz CT molecular complexity index is 3980. The molecule has 0 fully saturated rings. The van der Waals surface area contributed by atoms with Crippen LogP contribution in [0.4, 0.5) is 17.1 Å². The van der Waals surface area contributed by atoms with Crippen LogP contribution in [0.5, 0.6) is 0 Å². The van der Waals surface area contributed by atoms with Crippen LogP contribution >= 0.6 is 0 Å². The second-order valence-corrected chi connectivity index (χ2v) is 18.4. The highest BCUT2D eigenvalue weighted by molar-refractivity contribution is 6.19. The molecule has 1 aromatic heterocycles. The minimum Gasteiger partial charge on any atom is -0.310 e. The first-order valence-corrected chi connectivity index (χ1v) is 24.6. The van der Waals surface area contributed by atoms with Gasteiger partial charge in [-0.15, -0.1) is 0 Å². The van der Waals surface area contributed by atoms with Gasteiger partial charge in [-0.1, -0.05) is 200 Å². The molecule has 2 heteroatoms. The van der Waals surface area contributed by atoms with Crippen molar-refractivity contribution in [3.63, 3.8) is 0 Å². The van der Waals surface area contributed by atoms with E-state index >= 15 is 0 Å². The average Bonchev–Trinajstić information content (AvgIpc) is 3.54. The van der Waals surface area contributed by atoms with Crippen molar-refractivity contribution in [1.82, 2.24) is 4.57 Å². The average molecular weight is 905 g/mol. The van der Waals surface area contributed by atoms with Crippen molar-refractivity contribution in [2.75, 3.05) is 4.90 Å². The van der Waals surface area contributed by atoms with E-state index in [-0.39, 0.29) is 0 Å². The first-order valence-electron chi connectivity index (χ1n) is 24.6. The van der Waals surface area contributed by atoms with Crippen LogP contribution in [0.3, 0.4) is 0 Å². The molecule has 1 heterocycles. The Balaban J connectivity index is 0.961. The van der Waals surface area contributed by atoms with Crippen molar-refractivity contribution < 1.29 is 0 Å². The molecular weight excluding hydrogens is 857 g/mol. The van der Waals surface area contributed by atoms with E-state index in [4.69, 9.17) is 0 Å². The topological polar surface area (TPSA) is 8.17 Å². The zero-order chi connectivity index (χ0) is 47.1. The van der Waals surface area contributed by atoms with E-state index in [1.807, 2.05) is 0 Å². The maximum Gasteiger partial charge on any atom is 0.0547 e. The third kappa shape index (κ3) is 7.82. The smallest absolute Gasteiger partial charge is 0.0547 e. The Morgan fingerprint density at radius 3 is 1.58 bits per heavy atom. The summed E-state index contributed by atoms with van der Waals surface area (Å²) in [4.78, 5) is 2.40. The summed E-state index contributed by atoms with van der Waals surface area (Å²) in [5.41, 5.74) is 18.7. The molecular formula is C69H48N2. The van der Waals surface area contributed by atoms with Gasteiger partial charge in [0, 0.05) is 33.5 Å². The molecule has 0 unspecified atom stereocenters. The van der Waals surface area contributed by atoms with Gasteiger partial charge in [-0.2, -0.15) is 0 Å². The Hall–Kier alpha value is -9.24. The summed E-state index contributed by atoms with van der Waals surface area (Å²) in [6.45, 7) is 0. The maximum absolute atomic E-state index is 2.46. The SMILES string of the molecule is C1=CCC=C(n2c3cc4ccccc4cc3c3c(-c4cccc(N(c5ccc(-c6cc(-c7ccccc7)cc(-c7ccccc7)c6)cc5)c5ccc(-c6cccc7ccccc67)cc5)c4)cccc32)C=C1. The lowest BCUT2D eigenvalue weighted by atomic mass is 9.93. The highest BCUT2D eigenvalue weighted by Gasteiger charge is 2.20. The Labute approximate surface area is 414 Å². The first kappa shape index (κ1) is 41.9. The number of benzene rings is 11. The molecule has 0 amide bonds. The summed E-state index contributed by atoms with van der Waals surface area (Å²) in [5, 5.41) is 7.45. The molecule has 1 aliphatic carbocycles. The standard InChI is InChI=1S/C69H48N2/c1-2-10-28-59(27-9-1)71-67-33-17-32-65(69(67)66-46-53-23-11-12-24-54(53)47-68(66)71)55-26-15-29-62(45-55)70(61-40-36-52(37-41-61)64-31-16-25-51-22-13-14-30-63(51)64)60-38-34-50(35-39-60)58-43-56(48-18-5-3-6-19-48)42-57(44-58)49-20-7-4-8-21-49/h1-9,11-47H,10H2. The van der Waals surface area contributed by atoms with E-state index in [9.17, 15) is 0 Å². The first-order chi connectivity index (χ1) is 35.2. The van der Waals surface area contributed by atoms with Gasteiger partial charge in [-0.05, 0) is 162 Å². The molecule has 0 saturated heterocycles. The van der Waals surface area contributed by atoms with Crippen molar-refractivity contribution >= 4 is 66.1 Å². The molecule has 0 bridgehead atoms. The number of aromatic nitrogens is 1. The number of hydrogen-bond acceptors (Lipinski definition) is 1. The molecule has 2 nitrogen and oxygen atoms in total. The summed E-state index contributed by atoms with van der Waals surface area (Å²) in [6, 6.07) is 91.2. The quantitative estimate of drug-likeness (QED) is 0.140. The van der Waals surface area contributed by atoms with E-state index in [2.05, 4.69) is 289 Å². The van der Waals surface area contributed by atoms with Gasteiger partial charge in [0.2, 0.25) is 0 Å². The number of rotatable bonds is 9. The van der Waals surface area contributed by atoms with Crippen LogP contribution in [0.1, 0.15) is 6.42 Å². The molecule has 0 atom stereocenters. The Morgan fingerprint density at radius 2 is 0.873 bits per heavy atom. The monoisotopic (exact) mass is 904 g/mol. The fraction of sp³-hybridized carbons (Fsp3) is 0.0145. The van der Waals surface area contributed by atoms with Gasteiger partial charge in [-0.3, -0.25) is 0 Å². The second-order valence-electron chi connectivity index (χ2n) is 18.4. The summed E-state index contributed by atoms with van der Waals surface area (Å²) in [7, 11) is 0. The molecule has 0 N–H and O–H groups in total. The summed E-state index contributed by atoms with van der Waals surface area (Å²) < 4.78 is 2.46. The number of fused-ring (bicyclic) bond motifs is 5. The minimum absolute atomic E-state index is 0.882. The van der Waals surface area contributed by atoms with Crippen LogP contribution in [-0.2, 0) is 0 Å². The van der Waals surface area contributed by atoms with E-state index in [1.165, 1.54) is 93.6 Å². The van der Waals surface area contributed by atoms with Crippen molar-refractivity contribution in [3.05, 3.63) is 279 Å². The predicted octanol–water partition coefficient (Wildman–Crippen LogP) is 19.3. The zero-order valence-corrected chi connectivity index (χ0v) is 39.2. The van der Waals surface area contributed by atoms with Crippen LogP contribution in [0.25, 0.3) is 105 Å². The fourth-order valence-corrected chi connectivity index (χ4v) is 10.7. The highest BCUT2D eigenvalue weighted by Crippen LogP contribution is 2.44. The molecule has 1 aliphatic rings. The summed E-state index contributed by atoms with van der Waals surface area (Å²) >= 11 is 0. The fourth-order valence-electron chi connectivity index (χ4n) is 10.7. The zero-order valence-electron chi connectivity index (χ0n) is 39.2. The molecule has 0 saturated carbocycles. The molecule has 0 spiro atoms. The molecule has 71 heavy (non-hydrogen) atoms. The van der Waals surface area contributed by atoms with Crippen molar-refractivity contribution in [3.8, 4) is 55.6 Å². The van der Waals surface area contributed by atoms with Crippen LogP contribution in [0, 0.1) is 0 Å². The van der Waals surface area contributed by atoms with Crippen molar-refractivity contribution in [2.24, 2.45) is 0 Å². The van der Waals surface area contributed by atoms with Gasteiger partial charge < -0.3 is 9.47 Å². The van der Waals surface area contributed by atoms with E-state index in [1.54, 1.807) is 0 Å². The van der Waals surface area contributed by atoms with E-state index in [0.717, 1.165) is 34.6 Å². The molecule has 12 aromatic rings. The van der Waals surface area contributed by atoms with Crippen LogP contribution in [0.15, 0.2) is 279 Å². The third-order valence-electron chi connectivity index (χ3n) is 14.1. The number of nitrogens with zero attached hydrogens (tertiary/aromatic N) is 2. The lowest BCUT2D eigenvalue weighted by Crippen LogP contribution is -2.10. The summed E-state index contributed by atoms with van der Waals surface area (Å²) in [5.74, 6) is 0. The van der Waals surface area contributed by atoms with Gasteiger partial charge in [0.15, 0.2) is 0 Å². The minimum atomic E-state index is 0.882. The molecule has 334 valence electrons. The lowest BCUT2D eigenvalue weighted by Gasteiger charge is -2.26. The van der Waals surface area contributed by atoms with E-state index < -0.39 is 0 Å². The largest absolute Gasteiger partial charge is 0.310 e. The number of anilines is 3. The highest BCUT2D eigenvalue weighted by atomic mass is 15.1. The van der Waals surface area contributed by atoms with Crippen LogP contribution in [-0.4, -0.2) is 4.57 Å². The normalized spacial score (nSPS) is 12.4. The molecule has 0 aliphatic heterocycles. The second kappa shape index (κ2) is 18.0. The lowest BCUT2D eigenvalue weighted by molar-refractivity contribution is 1.22. The van der Waals surface area contributed by atoms with Crippen LogP contribution in [0.2, 0.25) is 0 Å². The number of hydrogen-bond donors (Lipinski definition) is 0. The predicted molar refractivity (Wildman–Crippen MR) is 303 cm³/mol. The van der Waals surface area contributed by atoms with Gasteiger partial charge in [0.25, 0.3) is 0 Å². The summed E-state index contributed by atoms with van der Waals surface area (Å²) in [6.07, 6.45) is 12.0. The van der Waals surface area contributed by atoms with Gasteiger partial charge >= 0.3 is 0 Å². The Morgan fingerprint density at radius 1 is 0.324 bits per heavy atom. The van der Waals surface area contributed by atoms with Crippen molar-refractivity contribution in [1.29, 1.82) is 0 Å². The molecule has 11 aromatic carbocycles. The van der Waals surface area contributed by atoms with Crippen LogP contribution < -0.4 is 4.90 Å². The van der Waals surface area contributed by atoms with Crippen molar-refractivity contribution in [2.45, 2.75) is 6.42 Å². The number of allylic oxidation sites excluding steroid dienone is 6. The third-order valence-corrected chi connectivity index (χ3v) is 14.1. The molecule has 0 radical (unpaired) electrons.